The van der Waals surface area contributed by atoms with Gasteiger partial charge in [0.1, 0.15) is 0 Å². The molecule has 0 saturated carbocycles. The zero-order valence-electron chi connectivity index (χ0n) is 11.1. The van der Waals surface area contributed by atoms with Crippen molar-refractivity contribution in [1.29, 1.82) is 0 Å². The van der Waals surface area contributed by atoms with Crippen molar-refractivity contribution in [2.45, 2.75) is 12.6 Å². The van der Waals surface area contributed by atoms with E-state index in [1.807, 2.05) is 6.07 Å². The first kappa shape index (κ1) is 14.0. The molecule has 0 radical (unpaired) electrons. The van der Waals surface area contributed by atoms with E-state index < -0.39 is 12.0 Å². The van der Waals surface area contributed by atoms with Gasteiger partial charge < -0.3 is 15.2 Å². The molecule has 2 rings (SSSR count). The molecule has 0 aliphatic carbocycles. The van der Waals surface area contributed by atoms with Crippen molar-refractivity contribution in [3.8, 4) is 5.88 Å². The second kappa shape index (κ2) is 6.68. The molecule has 0 spiro atoms. The van der Waals surface area contributed by atoms with E-state index in [1.165, 1.54) is 0 Å². The number of carbonyl (C=O) groups excluding carboxylic acids is 1. The van der Waals surface area contributed by atoms with Crippen LogP contribution in [-0.4, -0.2) is 23.1 Å². The molecule has 1 amide bonds. The van der Waals surface area contributed by atoms with Crippen molar-refractivity contribution in [2.75, 3.05) is 7.11 Å². The number of nitrogens with one attached hydrogen (secondary N) is 1. The Hall–Kier alpha value is -2.40. The lowest BCUT2D eigenvalue weighted by Crippen LogP contribution is -2.28. The molecular formula is C15H16N2O3. The van der Waals surface area contributed by atoms with Crippen molar-refractivity contribution in [3.63, 3.8) is 0 Å². The van der Waals surface area contributed by atoms with Crippen LogP contribution in [0.2, 0.25) is 0 Å². The van der Waals surface area contributed by atoms with E-state index in [9.17, 15) is 9.90 Å². The van der Waals surface area contributed by atoms with E-state index in [2.05, 4.69) is 10.3 Å². The molecule has 5 nitrogen and oxygen atoms in total. The minimum Gasteiger partial charge on any atom is -0.481 e. The van der Waals surface area contributed by atoms with Crippen molar-refractivity contribution < 1.29 is 14.6 Å². The van der Waals surface area contributed by atoms with E-state index in [1.54, 1.807) is 49.7 Å². The average Bonchev–Trinajstić information content (AvgIpc) is 2.53. The van der Waals surface area contributed by atoms with Crippen LogP contribution in [0.1, 0.15) is 17.2 Å². The van der Waals surface area contributed by atoms with Crippen LogP contribution in [0.4, 0.5) is 0 Å². The van der Waals surface area contributed by atoms with Crippen molar-refractivity contribution in [2.24, 2.45) is 0 Å². The van der Waals surface area contributed by atoms with Gasteiger partial charge >= 0.3 is 0 Å². The number of carbonyl (C=O) groups is 1. The smallest absolute Gasteiger partial charge is 0.253 e. The quantitative estimate of drug-likeness (QED) is 0.864. The van der Waals surface area contributed by atoms with Crippen LogP contribution >= 0.6 is 0 Å². The largest absolute Gasteiger partial charge is 0.481 e. The summed E-state index contributed by atoms with van der Waals surface area (Å²) in [6.45, 7) is 0.305. The average molecular weight is 272 g/mol. The summed E-state index contributed by atoms with van der Waals surface area (Å²) in [5, 5.41) is 12.6. The Labute approximate surface area is 117 Å². The van der Waals surface area contributed by atoms with E-state index in [0.29, 0.717) is 18.0 Å². The minimum absolute atomic E-state index is 0.305. The van der Waals surface area contributed by atoms with Gasteiger partial charge in [0.15, 0.2) is 6.10 Å². The van der Waals surface area contributed by atoms with Crippen molar-refractivity contribution in [3.05, 3.63) is 59.8 Å². The molecule has 0 aliphatic heterocycles. The Bertz CT molecular complexity index is 555. The van der Waals surface area contributed by atoms with Gasteiger partial charge in [-0.05, 0) is 11.1 Å². The Kier molecular flexibility index (Phi) is 4.68. The molecule has 1 unspecified atom stereocenters. The summed E-state index contributed by atoms with van der Waals surface area (Å²) in [6, 6.07) is 12.3. The Balaban J connectivity index is 1.91. The molecule has 104 valence electrons. The summed E-state index contributed by atoms with van der Waals surface area (Å²) in [5.41, 5.74) is 1.40. The predicted octanol–water partition coefficient (Wildman–Crippen LogP) is 1.44. The third kappa shape index (κ3) is 3.55. The van der Waals surface area contributed by atoms with E-state index in [4.69, 9.17) is 4.74 Å². The number of hydrogen-bond donors (Lipinski definition) is 2. The van der Waals surface area contributed by atoms with Gasteiger partial charge in [0.05, 0.1) is 7.11 Å². The molecular weight excluding hydrogens is 256 g/mol. The van der Waals surface area contributed by atoms with Gasteiger partial charge in [0.25, 0.3) is 5.91 Å². The molecule has 2 aromatic rings. The molecule has 0 aliphatic rings. The Morgan fingerprint density at radius 3 is 2.65 bits per heavy atom. The fourth-order valence-electron chi connectivity index (χ4n) is 1.71. The summed E-state index contributed by atoms with van der Waals surface area (Å²) >= 11 is 0. The normalized spacial score (nSPS) is 11.7. The number of ether oxygens (including phenoxy) is 1. The second-order valence-electron chi connectivity index (χ2n) is 4.24. The molecule has 1 aromatic heterocycles. The second-order valence-corrected chi connectivity index (χ2v) is 4.24. The van der Waals surface area contributed by atoms with Crippen molar-refractivity contribution >= 4 is 5.91 Å². The monoisotopic (exact) mass is 272 g/mol. The van der Waals surface area contributed by atoms with Gasteiger partial charge in [-0.1, -0.05) is 36.4 Å². The third-order valence-corrected chi connectivity index (χ3v) is 2.84. The maximum atomic E-state index is 11.8. The Morgan fingerprint density at radius 1 is 1.30 bits per heavy atom. The molecule has 20 heavy (non-hydrogen) atoms. The van der Waals surface area contributed by atoms with Gasteiger partial charge in [-0.15, -0.1) is 0 Å². The number of aliphatic hydroxyl groups excluding tert-OH is 1. The summed E-state index contributed by atoms with van der Waals surface area (Å²) in [4.78, 5) is 15.9. The highest BCUT2D eigenvalue weighted by Gasteiger charge is 2.16. The number of methoxy groups -OCH3 is 1. The Morgan fingerprint density at radius 2 is 2.05 bits per heavy atom. The van der Waals surface area contributed by atoms with Crippen LogP contribution in [0.25, 0.3) is 0 Å². The number of benzene rings is 1. The molecule has 0 bridgehead atoms. The highest BCUT2D eigenvalue weighted by atomic mass is 16.5. The maximum absolute atomic E-state index is 11.8. The predicted molar refractivity (Wildman–Crippen MR) is 74.0 cm³/mol. The zero-order chi connectivity index (χ0) is 14.4. The number of rotatable bonds is 5. The summed E-state index contributed by atoms with van der Waals surface area (Å²) in [7, 11) is 1.54. The maximum Gasteiger partial charge on any atom is 0.253 e. The van der Waals surface area contributed by atoms with E-state index in [-0.39, 0.29) is 0 Å². The van der Waals surface area contributed by atoms with Crippen LogP contribution in [0, 0.1) is 0 Å². The molecule has 1 heterocycles. The van der Waals surface area contributed by atoms with Gasteiger partial charge in [-0.3, -0.25) is 4.79 Å². The summed E-state index contributed by atoms with van der Waals surface area (Å²) < 4.78 is 4.95. The first-order valence-corrected chi connectivity index (χ1v) is 6.20. The standard InChI is InChI=1S/C15H16N2O3/c1-20-13-8-7-11(9-16-13)10-17-15(19)14(18)12-5-3-2-4-6-12/h2-9,14,18H,10H2,1H3,(H,17,19). The fourth-order valence-corrected chi connectivity index (χ4v) is 1.71. The van der Waals surface area contributed by atoms with Gasteiger partial charge in [-0.2, -0.15) is 0 Å². The van der Waals surface area contributed by atoms with Gasteiger partial charge in [0.2, 0.25) is 5.88 Å². The van der Waals surface area contributed by atoms with Crippen LogP contribution in [0.15, 0.2) is 48.7 Å². The van der Waals surface area contributed by atoms with Crippen molar-refractivity contribution in [1.82, 2.24) is 10.3 Å². The van der Waals surface area contributed by atoms with Crippen LogP contribution in [0.3, 0.4) is 0 Å². The summed E-state index contributed by atoms with van der Waals surface area (Å²) in [6.07, 6.45) is 0.455. The number of hydrogen-bond acceptors (Lipinski definition) is 4. The zero-order valence-corrected chi connectivity index (χ0v) is 11.1. The summed E-state index contributed by atoms with van der Waals surface area (Å²) in [5.74, 6) is 0.0800. The number of pyridine rings is 1. The lowest BCUT2D eigenvalue weighted by Gasteiger charge is -2.11. The first-order chi connectivity index (χ1) is 9.70. The molecule has 5 heteroatoms. The molecule has 0 saturated heterocycles. The van der Waals surface area contributed by atoms with Crippen LogP contribution in [0.5, 0.6) is 5.88 Å². The number of nitrogens with zero attached hydrogens (tertiary/aromatic N) is 1. The molecule has 1 atom stereocenters. The SMILES string of the molecule is COc1ccc(CNC(=O)C(O)c2ccccc2)cn1. The third-order valence-electron chi connectivity index (χ3n) is 2.84. The highest BCUT2D eigenvalue weighted by Crippen LogP contribution is 2.12. The van der Waals surface area contributed by atoms with Gasteiger partial charge in [-0.25, -0.2) is 4.98 Å². The van der Waals surface area contributed by atoms with E-state index >= 15 is 0 Å². The lowest BCUT2D eigenvalue weighted by atomic mass is 10.1. The number of aromatic nitrogens is 1. The minimum atomic E-state index is -1.16. The number of amides is 1. The fraction of sp³-hybridized carbons (Fsp3) is 0.200. The van der Waals surface area contributed by atoms with Crippen LogP contribution < -0.4 is 10.1 Å². The first-order valence-electron chi connectivity index (χ1n) is 6.20. The van der Waals surface area contributed by atoms with Crippen LogP contribution in [-0.2, 0) is 11.3 Å². The number of aliphatic hydroxyl groups is 1. The molecule has 0 fully saturated rings. The van der Waals surface area contributed by atoms with Gasteiger partial charge in [0, 0.05) is 18.8 Å². The molecule has 1 aromatic carbocycles. The highest BCUT2D eigenvalue weighted by molar-refractivity contribution is 5.81. The topological polar surface area (TPSA) is 71.5 Å². The lowest BCUT2D eigenvalue weighted by molar-refractivity contribution is -0.129. The molecule has 2 N–H and O–H groups in total. The van der Waals surface area contributed by atoms with E-state index in [0.717, 1.165) is 5.56 Å².